The van der Waals surface area contributed by atoms with Gasteiger partial charge < -0.3 is 15.5 Å². The Kier molecular flexibility index (Phi) is 7.83. The first-order valence-electron chi connectivity index (χ1n) is 6.20. The fraction of sp³-hybridized carbons (Fsp3) is 0.545. The summed E-state index contributed by atoms with van der Waals surface area (Å²) in [5, 5.41) is 20.9. The van der Waals surface area contributed by atoms with Crippen molar-refractivity contribution in [1.29, 1.82) is 0 Å². The van der Waals surface area contributed by atoms with E-state index in [1.807, 2.05) is 0 Å². The average molecular weight is 332 g/mol. The van der Waals surface area contributed by atoms with Crippen molar-refractivity contribution in [3.05, 3.63) is 0 Å². The molecule has 0 atom stereocenters. The monoisotopic (exact) mass is 332 g/mol. The summed E-state index contributed by atoms with van der Waals surface area (Å²) in [6.45, 7) is 2.74. The number of anilines is 1. The predicted molar refractivity (Wildman–Crippen MR) is 79.9 cm³/mol. The summed E-state index contributed by atoms with van der Waals surface area (Å²) < 4.78 is 0. The molecule has 1 rings (SSSR count). The molecule has 0 fully saturated rings. The van der Waals surface area contributed by atoms with E-state index in [1.165, 1.54) is 0 Å². The standard InChI is InChI=1S/C11H16N4O4S2/c1-2-3-4-12-9-13-10(20-5-7(16)17)15-11(14-9)21-6-8(18)19/h2-6H2,1H3,(H,16,17)(H,18,19)(H,12,13,14,15). The number of nitrogens with zero attached hydrogens (tertiary/aromatic N) is 3. The van der Waals surface area contributed by atoms with Gasteiger partial charge in [0.1, 0.15) is 0 Å². The fourth-order valence-electron chi connectivity index (χ4n) is 1.18. The van der Waals surface area contributed by atoms with Crippen molar-refractivity contribution >= 4 is 41.4 Å². The zero-order chi connectivity index (χ0) is 15.7. The van der Waals surface area contributed by atoms with Gasteiger partial charge >= 0.3 is 11.9 Å². The van der Waals surface area contributed by atoms with Gasteiger partial charge in [-0.25, -0.2) is 0 Å². The molecular formula is C11H16N4O4S2. The summed E-state index contributed by atoms with van der Waals surface area (Å²) in [6.07, 6.45) is 1.96. The highest BCUT2D eigenvalue weighted by Gasteiger charge is 2.10. The summed E-state index contributed by atoms with van der Waals surface area (Å²) in [5.41, 5.74) is 0. The van der Waals surface area contributed by atoms with Gasteiger partial charge in [0.05, 0.1) is 11.5 Å². The third-order valence-corrected chi connectivity index (χ3v) is 3.72. The van der Waals surface area contributed by atoms with E-state index in [0.717, 1.165) is 36.4 Å². The largest absolute Gasteiger partial charge is 0.481 e. The second kappa shape index (κ2) is 9.40. The third-order valence-electron chi connectivity index (χ3n) is 2.06. The second-order valence-corrected chi connectivity index (χ2v) is 5.75. The molecule has 116 valence electrons. The highest BCUT2D eigenvalue weighted by molar-refractivity contribution is 8.00. The highest BCUT2D eigenvalue weighted by atomic mass is 32.2. The Morgan fingerprint density at radius 2 is 1.57 bits per heavy atom. The molecule has 21 heavy (non-hydrogen) atoms. The molecular weight excluding hydrogens is 316 g/mol. The van der Waals surface area contributed by atoms with Gasteiger partial charge in [0.2, 0.25) is 5.95 Å². The van der Waals surface area contributed by atoms with Crippen LogP contribution >= 0.6 is 23.5 Å². The smallest absolute Gasteiger partial charge is 0.313 e. The zero-order valence-corrected chi connectivity index (χ0v) is 13.0. The number of thioether (sulfide) groups is 2. The Hall–Kier alpha value is -1.55. The van der Waals surface area contributed by atoms with Crippen molar-refractivity contribution in [2.45, 2.75) is 30.1 Å². The Balaban J connectivity index is 2.79. The highest BCUT2D eigenvalue weighted by Crippen LogP contribution is 2.20. The molecule has 0 aliphatic rings. The van der Waals surface area contributed by atoms with Crippen molar-refractivity contribution in [2.24, 2.45) is 0 Å². The number of carboxylic acids is 2. The summed E-state index contributed by atoms with van der Waals surface area (Å²) in [5.74, 6) is -1.94. The van der Waals surface area contributed by atoms with E-state index in [1.54, 1.807) is 0 Å². The van der Waals surface area contributed by atoms with Crippen LogP contribution in [0.5, 0.6) is 0 Å². The molecule has 0 aliphatic heterocycles. The second-order valence-electron chi connectivity index (χ2n) is 3.87. The first-order chi connectivity index (χ1) is 10.0. The predicted octanol–water partition coefficient (Wildman–Crippen LogP) is 1.44. The van der Waals surface area contributed by atoms with Gasteiger partial charge in [0.15, 0.2) is 10.3 Å². The van der Waals surface area contributed by atoms with Crippen LogP contribution in [0.1, 0.15) is 19.8 Å². The number of rotatable bonds is 10. The minimum Gasteiger partial charge on any atom is -0.481 e. The summed E-state index contributed by atoms with van der Waals surface area (Å²) >= 11 is 1.94. The van der Waals surface area contributed by atoms with Gasteiger partial charge in [0, 0.05) is 6.54 Å². The van der Waals surface area contributed by atoms with Crippen LogP contribution in [0.15, 0.2) is 10.3 Å². The van der Waals surface area contributed by atoms with Crippen molar-refractivity contribution < 1.29 is 19.8 Å². The number of nitrogens with one attached hydrogen (secondary N) is 1. The summed E-state index contributed by atoms with van der Waals surface area (Å²) in [4.78, 5) is 33.4. The lowest BCUT2D eigenvalue weighted by molar-refractivity contribution is -0.134. The maximum absolute atomic E-state index is 10.6. The van der Waals surface area contributed by atoms with Crippen LogP contribution in [0.2, 0.25) is 0 Å². The number of aromatic nitrogens is 3. The zero-order valence-electron chi connectivity index (χ0n) is 11.4. The van der Waals surface area contributed by atoms with Gasteiger partial charge in [-0.1, -0.05) is 36.9 Å². The van der Waals surface area contributed by atoms with Gasteiger partial charge in [-0.2, -0.15) is 15.0 Å². The van der Waals surface area contributed by atoms with Crippen LogP contribution < -0.4 is 5.32 Å². The number of carboxylic acid groups (broad SMARTS) is 2. The minimum absolute atomic E-state index is 0.165. The molecule has 3 N–H and O–H groups in total. The lowest BCUT2D eigenvalue weighted by atomic mass is 10.3. The molecule has 0 amide bonds. The maximum Gasteiger partial charge on any atom is 0.313 e. The lowest BCUT2D eigenvalue weighted by Gasteiger charge is -2.07. The van der Waals surface area contributed by atoms with Crippen LogP contribution in [0.25, 0.3) is 0 Å². The van der Waals surface area contributed by atoms with Crippen molar-refractivity contribution in [2.75, 3.05) is 23.4 Å². The molecule has 0 saturated heterocycles. The van der Waals surface area contributed by atoms with Crippen LogP contribution in [0.4, 0.5) is 5.95 Å². The van der Waals surface area contributed by atoms with Crippen LogP contribution in [0, 0.1) is 0 Å². The number of hydrogen-bond acceptors (Lipinski definition) is 8. The van der Waals surface area contributed by atoms with E-state index in [-0.39, 0.29) is 21.8 Å². The van der Waals surface area contributed by atoms with Gasteiger partial charge in [-0.3, -0.25) is 9.59 Å². The molecule has 0 aliphatic carbocycles. The average Bonchev–Trinajstić information content (AvgIpc) is 2.43. The molecule has 10 heteroatoms. The first kappa shape index (κ1) is 17.5. The topological polar surface area (TPSA) is 125 Å². The molecule has 0 aromatic carbocycles. The first-order valence-corrected chi connectivity index (χ1v) is 8.17. The quantitative estimate of drug-likeness (QED) is 0.428. The molecule has 1 aromatic rings. The van der Waals surface area contributed by atoms with E-state index < -0.39 is 11.9 Å². The maximum atomic E-state index is 10.6. The van der Waals surface area contributed by atoms with E-state index in [2.05, 4.69) is 27.2 Å². The third kappa shape index (κ3) is 7.71. The van der Waals surface area contributed by atoms with Gasteiger partial charge in [-0.05, 0) is 6.42 Å². The lowest BCUT2D eigenvalue weighted by Crippen LogP contribution is -2.09. The number of carbonyl (C=O) groups is 2. The molecule has 1 heterocycles. The minimum atomic E-state index is -0.972. The van der Waals surface area contributed by atoms with Crippen LogP contribution in [-0.2, 0) is 9.59 Å². The van der Waals surface area contributed by atoms with E-state index in [9.17, 15) is 9.59 Å². The Labute approximate surface area is 130 Å². The fourth-order valence-corrected chi connectivity index (χ4v) is 2.34. The van der Waals surface area contributed by atoms with Gasteiger partial charge in [0.25, 0.3) is 0 Å². The number of aliphatic carboxylic acids is 2. The Morgan fingerprint density at radius 1 is 1.05 bits per heavy atom. The SMILES string of the molecule is CCCCNc1nc(SCC(=O)O)nc(SCC(=O)O)n1. The molecule has 1 aromatic heterocycles. The Bertz CT molecular complexity index is 465. The molecule has 0 radical (unpaired) electrons. The molecule has 0 unspecified atom stereocenters. The molecule has 8 nitrogen and oxygen atoms in total. The Morgan fingerprint density at radius 3 is 2.00 bits per heavy atom. The van der Waals surface area contributed by atoms with Crippen molar-refractivity contribution in [1.82, 2.24) is 15.0 Å². The number of unbranched alkanes of at least 4 members (excludes halogenated alkanes) is 1. The van der Waals surface area contributed by atoms with Crippen LogP contribution in [0.3, 0.4) is 0 Å². The summed E-state index contributed by atoms with van der Waals surface area (Å²) in [7, 11) is 0. The van der Waals surface area contributed by atoms with E-state index in [0.29, 0.717) is 12.5 Å². The summed E-state index contributed by atoms with van der Waals surface area (Å²) in [6, 6.07) is 0. The molecule has 0 saturated carbocycles. The van der Waals surface area contributed by atoms with Crippen LogP contribution in [-0.4, -0.2) is 55.2 Å². The van der Waals surface area contributed by atoms with E-state index >= 15 is 0 Å². The molecule has 0 spiro atoms. The number of hydrogen-bond donors (Lipinski definition) is 3. The van der Waals surface area contributed by atoms with Crippen molar-refractivity contribution in [3.8, 4) is 0 Å². The van der Waals surface area contributed by atoms with E-state index in [4.69, 9.17) is 10.2 Å². The van der Waals surface area contributed by atoms with Gasteiger partial charge in [-0.15, -0.1) is 0 Å². The molecule has 0 bridgehead atoms. The normalized spacial score (nSPS) is 10.3. The van der Waals surface area contributed by atoms with Crippen molar-refractivity contribution in [3.63, 3.8) is 0 Å².